The smallest absolute Gasteiger partial charge is 0.338 e. The second kappa shape index (κ2) is 10.0. The van der Waals surface area contributed by atoms with Gasteiger partial charge in [0.1, 0.15) is 0 Å². The zero-order valence-corrected chi connectivity index (χ0v) is 12.9. The van der Waals surface area contributed by atoms with Crippen LogP contribution in [0.5, 0.6) is 11.5 Å². The maximum Gasteiger partial charge on any atom is 0.338 e. The Hall–Kier alpha value is -1.77. The summed E-state index contributed by atoms with van der Waals surface area (Å²) in [6, 6.07) is 6.44. The van der Waals surface area contributed by atoms with E-state index in [1.807, 2.05) is 0 Å². The molecule has 0 unspecified atom stereocenters. The third-order valence-corrected chi connectivity index (χ3v) is 3.44. The lowest BCUT2D eigenvalue weighted by Crippen LogP contribution is -2.10. The summed E-state index contributed by atoms with van der Waals surface area (Å²) in [4.78, 5) is 11.8. The van der Waals surface area contributed by atoms with Gasteiger partial charge in [0.15, 0.2) is 11.5 Å². The number of hydrogen-bond acceptors (Lipinski definition) is 3. The molecule has 3 nitrogen and oxygen atoms in total. The maximum absolute atomic E-state index is 11.8. The predicted octanol–water partition coefficient (Wildman–Crippen LogP) is 4.99. The Morgan fingerprint density at radius 2 is 1.71 bits per heavy atom. The number of phenolic OH excluding ortho intramolecular Hbond substituents is 1. The fourth-order valence-corrected chi connectivity index (χ4v) is 2.11. The molecule has 0 spiro atoms. The summed E-state index contributed by atoms with van der Waals surface area (Å²) in [5, 5.41) is 9.55. The Bertz CT molecular complexity index is 452. The molecule has 21 heavy (non-hydrogen) atoms. The van der Waals surface area contributed by atoms with Crippen LogP contribution in [0.1, 0.15) is 58.3 Å². The molecule has 0 atom stereocenters. The van der Waals surface area contributed by atoms with Crippen molar-refractivity contribution in [3.63, 3.8) is 0 Å². The van der Waals surface area contributed by atoms with Gasteiger partial charge >= 0.3 is 5.97 Å². The van der Waals surface area contributed by atoms with Gasteiger partial charge in [0.05, 0.1) is 0 Å². The molecule has 0 fully saturated rings. The first kappa shape index (κ1) is 17.3. The van der Waals surface area contributed by atoms with Crippen molar-refractivity contribution in [2.75, 3.05) is 0 Å². The van der Waals surface area contributed by atoms with Gasteiger partial charge in [-0.25, -0.2) is 4.79 Å². The second-order valence-electron chi connectivity index (χ2n) is 5.33. The Labute approximate surface area is 127 Å². The fraction of sp³-hybridized carbons (Fsp3) is 0.500. The first-order valence-electron chi connectivity index (χ1n) is 7.83. The Morgan fingerprint density at radius 1 is 1.10 bits per heavy atom. The van der Waals surface area contributed by atoms with Crippen molar-refractivity contribution < 1.29 is 14.6 Å². The van der Waals surface area contributed by atoms with E-state index in [0.29, 0.717) is 12.0 Å². The van der Waals surface area contributed by atoms with Crippen LogP contribution in [-0.4, -0.2) is 11.1 Å². The van der Waals surface area contributed by atoms with E-state index in [1.54, 1.807) is 18.2 Å². The largest absolute Gasteiger partial charge is 0.504 e. The van der Waals surface area contributed by atoms with Crippen LogP contribution in [0, 0.1) is 0 Å². The summed E-state index contributed by atoms with van der Waals surface area (Å²) in [5.74, 6) is -0.305. The number of benzene rings is 1. The number of carbonyl (C=O) groups is 1. The van der Waals surface area contributed by atoms with E-state index in [9.17, 15) is 9.90 Å². The number of phenols is 1. The van der Waals surface area contributed by atoms with Crippen molar-refractivity contribution in [3.8, 4) is 11.5 Å². The zero-order valence-electron chi connectivity index (χ0n) is 12.9. The number of unbranched alkanes of at least 4 members (excludes halogenated alkanes) is 6. The van der Waals surface area contributed by atoms with Gasteiger partial charge in [0.25, 0.3) is 0 Å². The number of carbonyl (C=O) groups excluding carboxylic acids is 1. The van der Waals surface area contributed by atoms with Gasteiger partial charge < -0.3 is 9.84 Å². The summed E-state index contributed by atoms with van der Waals surface area (Å²) in [6.45, 7) is 5.98. The zero-order chi connectivity index (χ0) is 15.5. The van der Waals surface area contributed by atoms with Gasteiger partial charge in [0, 0.05) is 5.57 Å². The van der Waals surface area contributed by atoms with E-state index in [1.165, 1.54) is 38.2 Å². The third kappa shape index (κ3) is 6.98. The summed E-state index contributed by atoms with van der Waals surface area (Å²) in [7, 11) is 0. The van der Waals surface area contributed by atoms with Crippen LogP contribution in [0.15, 0.2) is 36.4 Å². The average molecular weight is 290 g/mol. The van der Waals surface area contributed by atoms with Gasteiger partial charge in [0.2, 0.25) is 0 Å². The van der Waals surface area contributed by atoms with Crippen LogP contribution < -0.4 is 4.74 Å². The van der Waals surface area contributed by atoms with Crippen LogP contribution in [0.2, 0.25) is 0 Å². The van der Waals surface area contributed by atoms with E-state index in [2.05, 4.69) is 13.5 Å². The van der Waals surface area contributed by atoms with Crippen molar-refractivity contribution >= 4 is 5.97 Å². The lowest BCUT2D eigenvalue weighted by molar-refractivity contribution is -0.130. The number of aromatic hydroxyl groups is 1. The molecular weight excluding hydrogens is 264 g/mol. The van der Waals surface area contributed by atoms with Gasteiger partial charge in [-0.3, -0.25) is 0 Å². The van der Waals surface area contributed by atoms with Gasteiger partial charge in [-0.2, -0.15) is 0 Å². The second-order valence-corrected chi connectivity index (χ2v) is 5.33. The number of para-hydroxylation sites is 2. The van der Waals surface area contributed by atoms with Crippen LogP contribution in [-0.2, 0) is 4.79 Å². The standard InChI is InChI=1S/C18H26O3/c1-3-4-5-6-7-8-9-12-15(2)18(20)21-17-14-11-10-13-16(17)19/h10-11,13-14,19H,2-9,12H2,1H3. The molecule has 3 heteroatoms. The van der Waals surface area contributed by atoms with Gasteiger partial charge in [-0.1, -0.05) is 64.2 Å². The Kier molecular flexibility index (Phi) is 8.25. The highest BCUT2D eigenvalue weighted by molar-refractivity contribution is 5.89. The average Bonchev–Trinajstić information content (AvgIpc) is 2.48. The molecule has 0 amide bonds. The molecule has 0 aliphatic carbocycles. The van der Waals surface area contributed by atoms with Crippen LogP contribution in [0.4, 0.5) is 0 Å². The molecule has 1 aromatic carbocycles. The quantitative estimate of drug-likeness (QED) is 0.285. The van der Waals surface area contributed by atoms with E-state index in [0.717, 1.165) is 12.8 Å². The van der Waals surface area contributed by atoms with Crippen molar-refractivity contribution in [1.82, 2.24) is 0 Å². The molecule has 0 radical (unpaired) electrons. The summed E-state index contributed by atoms with van der Waals surface area (Å²) in [6.07, 6.45) is 9.07. The number of ether oxygens (including phenoxy) is 1. The maximum atomic E-state index is 11.8. The van der Waals surface area contributed by atoms with Gasteiger partial charge in [-0.15, -0.1) is 0 Å². The van der Waals surface area contributed by atoms with Gasteiger partial charge in [-0.05, 0) is 25.0 Å². The predicted molar refractivity (Wildman–Crippen MR) is 85.5 cm³/mol. The number of esters is 1. The first-order chi connectivity index (χ1) is 10.1. The van der Waals surface area contributed by atoms with Crippen molar-refractivity contribution in [2.45, 2.75) is 58.3 Å². The molecule has 0 saturated heterocycles. The molecule has 0 aliphatic rings. The molecule has 1 N–H and O–H groups in total. The SMILES string of the molecule is C=C(CCCCCCCCC)C(=O)Oc1ccccc1O. The summed E-state index contributed by atoms with van der Waals surface area (Å²) >= 11 is 0. The molecule has 1 aromatic rings. The third-order valence-electron chi connectivity index (χ3n) is 3.44. The highest BCUT2D eigenvalue weighted by atomic mass is 16.5. The van der Waals surface area contributed by atoms with Crippen LogP contribution in [0.3, 0.4) is 0 Å². The fourth-order valence-electron chi connectivity index (χ4n) is 2.11. The molecule has 0 heterocycles. The monoisotopic (exact) mass is 290 g/mol. The minimum absolute atomic E-state index is 0.0328. The number of hydrogen-bond donors (Lipinski definition) is 1. The van der Waals surface area contributed by atoms with Crippen LogP contribution >= 0.6 is 0 Å². The molecule has 0 bridgehead atoms. The Balaban J connectivity index is 2.20. The molecule has 1 rings (SSSR count). The number of rotatable bonds is 10. The van der Waals surface area contributed by atoms with E-state index >= 15 is 0 Å². The highest BCUT2D eigenvalue weighted by Crippen LogP contribution is 2.25. The molecule has 0 aliphatic heterocycles. The topological polar surface area (TPSA) is 46.5 Å². The lowest BCUT2D eigenvalue weighted by Gasteiger charge is -2.08. The van der Waals surface area contributed by atoms with Crippen molar-refractivity contribution in [3.05, 3.63) is 36.4 Å². The first-order valence-corrected chi connectivity index (χ1v) is 7.83. The minimum atomic E-state index is -0.456. The molecule has 116 valence electrons. The lowest BCUT2D eigenvalue weighted by atomic mass is 10.1. The molecule has 0 aromatic heterocycles. The van der Waals surface area contributed by atoms with Crippen molar-refractivity contribution in [2.24, 2.45) is 0 Å². The summed E-state index contributed by atoms with van der Waals surface area (Å²) < 4.78 is 5.13. The van der Waals surface area contributed by atoms with E-state index in [-0.39, 0.29) is 11.5 Å². The molecular formula is C18H26O3. The van der Waals surface area contributed by atoms with E-state index in [4.69, 9.17) is 4.74 Å². The molecule has 0 saturated carbocycles. The highest BCUT2D eigenvalue weighted by Gasteiger charge is 2.11. The van der Waals surface area contributed by atoms with Crippen LogP contribution in [0.25, 0.3) is 0 Å². The Morgan fingerprint density at radius 3 is 2.38 bits per heavy atom. The van der Waals surface area contributed by atoms with Crippen molar-refractivity contribution in [1.29, 1.82) is 0 Å². The normalized spacial score (nSPS) is 10.3. The summed E-state index contributed by atoms with van der Waals surface area (Å²) in [5.41, 5.74) is 0.465. The van der Waals surface area contributed by atoms with E-state index < -0.39 is 5.97 Å². The minimum Gasteiger partial charge on any atom is -0.504 e.